The van der Waals surface area contributed by atoms with E-state index in [1.54, 1.807) is 0 Å². The van der Waals surface area contributed by atoms with Crippen LogP contribution in [0.2, 0.25) is 0 Å². The van der Waals surface area contributed by atoms with E-state index in [1.165, 1.54) is 22.3 Å². The minimum absolute atomic E-state index is 0.824. The second kappa shape index (κ2) is 7.75. The van der Waals surface area contributed by atoms with Gasteiger partial charge in [0.1, 0.15) is 17.3 Å². The molecule has 1 N–H and O–H groups in total. The number of hydrogen-bond acceptors (Lipinski definition) is 3. The molecule has 6 rings (SSSR count). The fourth-order valence-electron chi connectivity index (χ4n) is 4.32. The lowest BCUT2D eigenvalue weighted by Gasteiger charge is -2.07. The van der Waals surface area contributed by atoms with Gasteiger partial charge >= 0.3 is 0 Å². The zero-order valence-corrected chi connectivity index (χ0v) is 18.6. The van der Waals surface area contributed by atoms with Crippen molar-refractivity contribution in [3.8, 4) is 22.6 Å². The van der Waals surface area contributed by atoms with Crippen LogP contribution in [0.25, 0.3) is 22.2 Å². The van der Waals surface area contributed by atoms with Gasteiger partial charge in [-0.05, 0) is 96.8 Å². The summed E-state index contributed by atoms with van der Waals surface area (Å²) >= 11 is 0. The van der Waals surface area contributed by atoms with E-state index in [2.05, 4.69) is 77.6 Å². The Morgan fingerprint density at radius 1 is 0.727 bits per heavy atom. The molecular weight excluding hydrogens is 406 g/mol. The molecule has 0 unspecified atom stereocenters. The molecule has 0 saturated carbocycles. The van der Waals surface area contributed by atoms with Crippen LogP contribution in [-0.2, 0) is 6.42 Å². The number of aryl methyl sites for hydroxylation is 2. The Morgan fingerprint density at radius 2 is 1.39 bits per heavy atom. The molecular formula is C29H23N3O. The smallest absolute Gasteiger partial charge is 0.127 e. The van der Waals surface area contributed by atoms with Crippen molar-refractivity contribution in [3.05, 3.63) is 107 Å². The van der Waals surface area contributed by atoms with Crippen molar-refractivity contribution < 1.29 is 4.74 Å². The number of ether oxygens (including phenoxy) is 1. The Hall–Kier alpha value is -4.18. The van der Waals surface area contributed by atoms with Crippen molar-refractivity contribution in [3.63, 3.8) is 0 Å². The van der Waals surface area contributed by atoms with Gasteiger partial charge in [-0.25, -0.2) is 4.98 Å². The van der Waals surface area contributed by atoms with Gasteiger partial charge in [0.25, 0.3) is 0 Å². The Labute approximate surface area is 192 Å². The zero-order valence-electron chi connectivity index (χ0n) is 18.6. The lowest BCUT2D eigenvalue weighted by molar-refractivity contribution is 0.482. The van der Waals surface area contributed by atoms with E-state index in [1.807, 2.05) is 31.2 Å². The molecule has 0 saturated heterocycles. The van der Waals surface area contributed by atoms with Crippen LogP contribution >= 0.6 is 0 Å². The summed E-state index contributed by atoms with van der Waals surface area (Å²) in [6.45, 7) is 4.05. The fraction of sp³-hybridized carbons (Fsp3) is 0.103. The predicted molar refractivity (Wildman–Crippen MR) is 134 cm³/mol. The average molecular weight is 430 g/mol. The molecule has 0 amide bonds. The number of hydrogen-bond donors (Lipinski definition) is 1. The monoisotopic (exact) mass is 429 g/mol. The number of benzene rings is 4. The summed E-state index contributed by atoms with van der Waals surface area (Å²) in [5, 5.41) is 0. The highest BCUT2D eigenvalue weighted by Gasteiger charge is 2.17. The maximum Gasteiger partial charge on any atom is 0.127 e. The molecule has 160 valence electrons. The summed E-state index contributed by atoms with van der Waals surface area (Å²) < 4.78 is 5.96. The maximum atomic E-state index is 5.96. The molecule has 0 atom stereocenters. The van der Waals surface area contributed by atoms with Gasteiger partial charge in [-0.2, -0.15) is 0 Å². The van der Waals surface area contributed by atoms with Gasteiger partial charge in [0.2, 0.25) is 0 Å². The molecule has 0 fully saturated rings. The van der Waals surface area contributed by atoms with E-state index in [0.717, 1.165) is 51.7 Å². The van der Waals surface area contributed by atoms with Gasteiger partial charge in [0.05, 0.1) is 22.4 Å². The van der Waals surface area contributed by atoms with Crippen molar-refractivity contribution >= 4 is 22.4 Å². The summed E-state index contributed by atoms with van der Waals surface area (Å²) in [6, 6.07) is 29.2. The molecule has 0 aliphatic carbocycles. The molecule has 0 bridgehead atoms. The summed E-state index contributed by atoms with van der Waals surface area (Å²) in [6.07, 6.45) is 0.826. The van der Waals surface area contributed by atoms with Gasteiger partial charge in [-0.15, -0.1) is 0 Å². The molecule has 4 nitrogen and oxygen atoms in total. The van der Waals surface area contributed by atoms with Gasteiger partial charge in [0.15, 0.2) is 0 Å². The van der Waals surface area contributed by atoms with Crippen LogP contribution in [0.4, 0.5) is 5.69 Å². The van der Waals surface area contributed by atoms with Crippen LogP contribution in [0.3, 0.4) is 0 Å². The van der Waals surface area contributed by atoms with E-state index in [0.29, 0.717) is 0 Å². The number of H-pyrrole nitrogens is 1. The first-order valence-corrected chi connectivity index (χ1v) is 11.1. The van der Waals surface area contributed by atoms with Crippen molar-refractivity contribution in [1.82, 2.24) is 9.97 Å². The summed E-state index contributed by atoms with van der Waals surface area (Å²) in [4.78, 5) is 12.7. The quantitative estimate of drug-likeness (QED) is 0.325. The van der Waals surface area contributed by atoms with Crippen LogP contribution in [0.1, 0.15) is 22.5 Å². The van der Waals surface area contributed by atoms with E-state index in [9.17, 15) is 0 Å². The molecule has 2 heterocycles. The van der Waals surface area contributed by atoms with Crippen molar-refractivity contribution in [1.29, 1.82) is 0 Å². The Morgan fingerprint density at radius 3 is 2.18 bits per heavy atom. The highest BCUT2D eigenvalue weighted by Crippen LogP contribution is 2.34. The molecule has 1 aliphatic heterocycles. The predicted octanol–water partition coefficient (Wildman–Crippen LogP) is 7.32. The van der Waals surface area contributed by atoms with Crippen LogP contribution < -0.4 is 4.74 Å². The third-order valence-corrected chi connectivity index (χ3v) is 6.07. The first kappa shape index (κ1) is 19.5. The van der Waals surface area contributed by atoms with Gasteiger partial charge < -0.3 is 9.72 Å². The minimum atomic E-state index is 0.824. The number of rotatable bonds is 4. The molecule has 0 radical (unpaired) electrons. The van der Waals surface area contributed by atoms with Crippen LogP contribution in [0.15, 0.2) is 89.9 Å². The van der Waals surface area contributed by atoms with E-state index in [-0.39, 0.29) is 0 Å². The second-order valence-corrected chi connectivity index (χ2v) is 8.57. The summed E-state index contributed by atoms with van der Waals surface area (Å²) in [5.74, 6) is 2.60. The normalized spacial score (nSPS) is 12.6. The molecule has 1 aromatic heterocycles. The number of aromatic amines is 1. The third kappa shape index (κ3) is 3.80. The Balaban J connectivity index is 1.21. The zero-order chi connectivity index (χ0) is 22.4. The molecule has 4 aromatic carbocycles. The number of aliphatic imine (C=N–C) groups is 1. The molecule has 33 heavy (non-hydrogen) atoms. The summed E-state index contributed by atoms with van der Waals surface area (Å²) in [5.41, 5.74) is 10.2. The van der Waals surface area contributed by atoms with Crippen molar-refractivity contribution in [2.24, 2.45) is 4.99 Å². The number of imidazole rings is 1. The fourth-order valence-corrected chi connectivity index (χ4v) is 4.32. The van der Waals surface area contributed by atoms with E-state index < -0.39 is 0 Å². The molecule has 5 aromatic rings. The van der Waals surface area contributed by atoms with E-state index in [4.69, 9.17) is 9.73 Å². The van der Waals surface area contributed by atoms with Crippen LogP contribution in [0, 0.1) is 13.8 Å². The molecule has 0 spiro atoms. The van der Waals surface area contributed by atoms with Crippen LogP contribution in [0.5, 0.6) is 11.5 Å². The molecule has 1 aliphatic rings. The first-order chi connectivity index (χ1) is 16.1. The van der Waals surface area contributed by atoms with Crippen molar-refractivity contribution in [2.75, 3.05) is 0 Å². The second-order valence-electron chi connectivity index (χ2n) is 8.57. The number of nitrogens with one attached hydrogen (secondary N) is 1. The van der Waals surface area contributed by atoms with Crippen LogP contribution in [-0.4, -0.2) is 15.7 Å². The highest BCUT2D eigenvalue weighted by atomic mass is 16.5. The average Bonchev–Trinajstić information content (AvgIpc) is 3.42. The third-order valence-electron chi connectivity index (χ3n) is 6.07. The first-order valence-electron chi connectivity index (χ1n) is 11.1. The highest BCUT2D eigenvalue weighted by molar-refractivity contribution is 6.06. The topological polar surface area (TPSA) is 50.3 Å². The Bertz CT molecular complexity index is 1510. The van der Waals surface area contributed by atoms with E-state index >= 15 is 0 Å². The SMILES string of the molecule is Cc1ccc(Oc2ccc(C3=Nc4ccc(-c5ccc6nc(C)[nH]c6c5)cc4C3)cc2)cc1. The largest absolute Gasteiger partial charge is 0.457 e. The van der Waals surface area contributed by atoms with Crippen molar-refractivity contribution in [2.45, 2.75) is 20.3 Å². The number of nitrogens with zero attached hydrogens (tertiary/aromatic N) is 2. The van der Waals surface area contributed by atoms with Gasteiger partial charge in [-0.3, -0.25) is 4.99 Å². The lowest BCUT2D eigenvalue weighted by Crippen LogP contribution is -2.00. The standard InChI is InChI=1S/C29H23N3O/c1-18-3-9-24(10-4-18)33-25-11-5-20(6-12-25)28-17-23-15-21(7-13-26(23)32-28)22-8-14-27-29(16-22)31-19(2)30-27/h3-16H,17H2,1-2H3,(H,30,31). The summed E-state index contributed by atoms with van der Waals surface area (Å²) in [7, 11) is 0. The maximum absolute atomic E-state index is 5.96. The lowest BCUT2D eigenvalue weighted by atomic mass is 9.99. The molecule has 4 heteroatoms. The number of fused-ring (bicyclic) bond motifs is 2. The van der Waals surface area contributed by atoms with Gasteiger partial charge in [-0.1, -0.05) is 29.8 Å². The Kier molecular flexibility index (Phi) is 4.58. The number of aromatic nitrogens is 2. The van der Waals surface area contributed by atoms with Gasteiger partial charge in [0, 0.05) is 6.42 Å². The minimum Gasteiger partial charge on any atom is -0.457 e.